The smallest absolute Gasteiger partial charge is 0.284 e. The van der Waals surface area contributed by atoms with Crippen LogP contribution in [0.3, 0.4) is 0 Å². The standard InChI is InChI=1S/C21H29N5O2.HI/c1-15(16-6-4-3-5-7-16)26-12-10-17(11-13-26)25-21(23-2)24-14-18-8-9-19(28-18)20(22)27;/h3-9,15,17H,10-14H2,1-2H3,(H2,22,27)(H2,23,24,25);1H. The predicted octanol–water partition coefficient (Wildman–Crippen LogP) is 2.89. The fraction of sp³-hybridized carbons (Fsp3) is 0.429. The first kappa shape index (κ1) is 23.2. The zero-order valence-corrected chi connectivity index (χ0v) is 19.3. The normalized spacial score (nSPS) is 16.7. The Kier molecular flexibility index (Phi) is 8.97. The third-order valence-corrected chi connectivity index (χ3v) is 5.26. The lowest BCUT2D eigenvalue weighted by Gasteiger charge is -2.37. The maximum Gasteiger partial charge on any atom is 0.284 e. The summed E-state index contributed by atoms with van der Waals surface area (Å²) >= 11 is 0. The lowest BCUT2D eigenvalue weighted by atomic mass is 10.0. The first-order chi connectivity index (χ1) is 13.6. The minimum atomic E-state index is -0.565. The Hall–Kier alpha value is -2.07. The number of carbonyl (C=O) groups is 1. The number of piperidine rings is 1. The minimum absolute atomic E-state index is 0. The van der Waals surface area contributed by atoms with E-state index in [0.29, 0.717) is 24.4 Å². The molecule has 0 bridgehead atoms. The summed E-state index contributed by atoms with van der Waals surface area (Å²) in [6.07, 6.45) is 2.12. The number of benzene rings is 1. The van der Waals surface area contributed by atoms with Crippen LogP contribution in [0.15, 0.2) is 51.9 Å². The van der Waals surface area contributed by atoms with Crippen molar-refractivity contribution >= 4 is 35.8 Å². The number of nitrogens with one attached hydrogen (secondary N) is 2. The van der Waals surface area contributed by atoms with Gasteiger partial charge in [0.15, 0.2) is 11.7 Å². The van der Waals surface area contributed by atoms with Gasteiger partial charge >= 0.3 is 0 Å². The first-order valence-electron chi connectivity index (χ1n) is 9.71. The van der Waals surface area contributed by atoms with Crippen LogP contribution in [0.1, 0.15) is 47.7 Å². The summed E-state index contributed by atoms with van der Waals surface area (Å²) in [5, 5.41) is 6.71. The molecule has 158 valence electrons. The van der Waals surface area contributed by atoms with Gasteiger partial charge in [0, 0.05) is 32.2 Å². The van der Waals surface area contributed by atoms with Gasteiger partial charge in [0.05, 0.1) is 6.54 Å². The van der Waals surface area contributed by atoms with Crippen LogP contribution in [0.25, 0.3) is 0 Å². The Balaban J connectivity index is 0.00000300. The molecule has 7 nitrogen and oxygen atoms in total. The fourth-order valence-corrected chi connectivity index (χ4v) is 3.54. The van der Waals surface area contributed by atoms with Gasteiger partial charge in [-0.1, -0.05) is 30.3 Å². The van der Waals surface area contributed by atoms with E-state index in [0.717, 1.165) is 31.9 Å². The number of rotatable bonds is 6. The van der Waals surface area contributed by atoms with Gasteiger partial charge in [-0.05, 0) is 37.5 Å². The molecule has 2 heterocycles. The quantitative estimate of drug-likeness (QED) is 0.315. The van der Waals surface area contributed by atoms with E-state index in [2.05, 4.69) is 57.8 Å². The Morgan fingerprint density at radius 2 is 1.93 bits per heavy atom. The van der Waals surface area contributed by atoms with Crippen LogP contribution < -0.4 is 16.4 Å². The number of halogens is 1. The summed E-state index contributed by atoms with van der Waals surface area (Å²) in [4.78, 5) is 17.9. The fourth-order valence-electron chi connectivity index (χ4n) is 3.54. The first-order valence-corrected chi connectivity index (χ1v) is 9.71. The molecule has 1 aromatic heterocycles. The van der Waals surface area contributed by atoms with Gasteiger partial charge < -0.3 is 20.8 Å². The van der Waals surface area contributed by atoms with Crippen molar-refractivity contribution in [2.45, 2.75) is 38.4 Å². The maximum absolute atomic E-state index is 11.1. The molecule has 1 saturated heterocycles. The number of hydrogen-bond donors (Lipinski definition) is 3. The van der Waals surface area contributed by atoms with Crippen LogP contribution in [0.2, 0.25) is 0 Å². The summed E-state index contributed by atoms with van der Waals surface area (Å²) in [6.45, 7) is 4.81. The van der Waals surface area contributed by atoms with Gasteiger partial charge in [-0.2, -0.15) is 0 Å². The molecule has 1 aliphatic heterocycles. The van der Waals surface area contributed by atoms with Crippen molar-refractivity contribution in [3.63, 3.8) is 0 Å². The van der Waals surface area contributed by atoms with Crippen LogP contribution in [-0.4, -0.2) is 42.9 Å². The second-order valence-electron chi connectivity index (χ2n) is 7.10. The minimum Gasteiger partial charge on any atom is -0.454 e. The van der Waals surface area contributed by atoms with E-state index >= 15 is 0 Å². The molecular weight excluding hydrogens is 481 g/mol. The molecule has 0 aliphatic carbocycles. The number of guanidine groups is 1. The van der Waals surface area contributed by atoms with E-state index in [4.69, 9.17) is 10.2 Å². The monoisotopic (exact) mass is 511 g/mol. The van der Waals surface area contributed by atoms with Gasteiger partial charge in [-0.25, -0.2) is 0 Å². The number of amides is 1. The zero-order chi connectivity index (χ0) is 19.9. The van der Waals surface area contributed by atoms with Crippen molar-refractivity contribution in [3.05, 3.63) is 59.5 Å². The molecule has 1 aromatic carbocycles. The summed E-state index contributed by atoms with van der Waals surface area (Å²) in [7, 11) is 1.75. The second-order valence-corrected chi connectivity index (χ2v) is 7.10. The maximum atomic E-state index is 11.1. The number of likely N-dealkylation sites (tertiary alicyclic amines) is 1. The zero-order valence-electron chi connectivity index (χ0n) is 16.9. The largest absolute Gasteiger partial charge is 0.454 e. The van der Waals surface area contributed by atoms with E-state index in [1.807, 2.05) is 0 Å². The molecule has 4 N–H and O–H groups in total. The molecule has 1 aliphatic rings. The number of aliphatic imine (C=N–C) groups is 1. The van der Waals surface area contributed by atoms with Crippen molar-refractivity contribution < 1.29 is 9.21 Å². The Labute approximate surface area is 189 Å². The van der Waals surface area contributed by atoms with Crippen LogP contribution in [0, 0.1) is 0 Å². The van der Waals surface area contributed by atoms with E-state index in [-0.39, 0.29) is 29.7 Å². The molecular formula is C21H30IN5O2. The van der Waals surface area contributed by atoms with Gasteiger partial charge in [-0.3, -0.25) is 14.7 Å². The number of furan rings is 1. The summed E-state index contributed by atoms with van der Waals surface area (Å²) in [6, 6.07) is 14.8. The molecule has 8 heteroatoms. The Bertz CT molecular complexity index is 800. The van der Waals surface area contributed by atoms with Crippen molar-refractivity contribution in [3.8, 4) is 0 Å². The highest BCUT2D eigenvalue weighted by Crippen LogP contribution is 2.23. The molecule has 0 radical (unpaired) electrons. The lowest BCUT2D eigenvalue weighted by molar-refractivity contribution is 0.0972. The topological polar surface area (TPSA) is 95.9 Å². The van der Waals surface area contributed by atoms with Crippen LogP contribution in [0.4, 0.5) is 0 Å². The Morgan fingerprint density at radius 3 is 2.52 bits per heavy atom. The highest BCUT2D eigenvalue weighted by Gasteiger charge is 2.24. The molecule has 0 spiro atoms. The number of hydrogen-bond acceptors (Lipinski definition) is 4. The van der Waals surface area contributed by atoms with Gasteiger partial charge in [0.2, 0.25) is 0 Å². The van der Waals surface area contributed by atoms with Crippen molar-refractivity contribution in [1.82, 2.24) is 15.5 Å². The predicted molar refractivity (Wildman–Crippen MR) is 125 cm³/mol. The molecule has 3 rings (SSSR count). The molecule has 1 amide bonds. The molecule has 2 aromatic rings. The van der Waals surface area contributed by atoms with Crippen LogP contribution in [-0.2, 0) is 6.54 Å². The summed E-state index contributed by atoms with van der Waals surface area (Å²) < 4.78 is 5.39. The Morgan fingerprint density at radius 1 is 1.24 bits per heavy atom. The summed E-state index contributed by atoms with van der Waals surface area (Å²) in [5.74, 6) is 0.972. The van der Waals surface area contributed by atoms with Crippen LogP contribution in [0.5, 0.6) is 0 Å². The van der Waals surface area contributed by atoms with Gasteiger partial charge in [0.1, 0.15) is 5.76 Å². The van der Waals surface area contributed by atoms with Crippen molar-refractivity contribution in [2.75, 3.05) is 20.1 Å². The lowest BCUT2D eigenvalue weighted by Crippen LogP contribution is -2.48. The second kappa shape index (κ2) is 11.2. The molecule has 1 atom stereocenters. The van der Waals surface area contributed by atoms with E-state index in [1.165, 1.54) is 5.56 Å². The third kappa shape index (κ3) is 6.46. The number of nitrogens with two attached hydrogens (primary N) is 1. The van der Waals surface area contributed by atoms with E-state index in [1.54, 1.807) is 19.2 Å². The molecule has 29 heavy (non-hydrogen) atoms. The number of carbonyl (C=O) groups excluding carboxylic acids is 1. The molecule has 0 saturated carbocycles. The highest BCUT2D eigenvalue weighted by molar-refractivity contribution is 14.0. The SMILES string of the molecule is CN=C(NCc1ccc(C(N)=O)o1)NC1CCN(C(C)c2ccccc2)CC1.I. The molecule has 1 unspecified atom stereocenters. The van der Waals surface area contributed by atoms with E-state index in [9.17, 15) is 4.79 Å². The average molecular weight is 511 g/mol. The van der Waals surface area contributed by atoms with Crippen molar-refractivity contribution in [1.29, 1.82) is 0 Å². The average Bonchev–Trinajstić information content (AvgIpc) is 3.21. The highest BCUT2D eigenvalue weighted by atomic mass is 127. The van der Waals surface area contributed by atoms with Gasteiger partial charge in [-0.15, -0.1) is 24.0 Å². The van der Waals surface area contributed by atoms with Crippen molar-refractivity contribution in [2.24, 2.45) is 10.7 Å². The molecule has 1 fully saturated rings. The summed E-state index contributed by atoms with van der Waals surface area (Å²) in [5.41, 5.74) is 6.57. The number of nitrogens with zero attached hydrogens (tertiary/aromatic N) is 2. The number of primary amides is 1. The van der Waals surface area contributed by atoms with E-state index < -0.39 is 5.91 Å². The third-order valence-electron chi connectivity index (χ3n) is 5.26. The van der Waals surface area contributed by atoms with Crippen LogP contribution >= 0.6 is 24.0 Å². The van der Waals surface area contributed by atoms with Gasteiger partial charge in [0.25, 0.3) is 5.91 Å².